The Morgan fingerprint density at radius 3 is 2.70 bits per heavy atom. The van der Waals surface area contributed by atoms with Gasteiger partial charge in [-0.2, -0.15) is 16.3 Å². The number of rotatable bonds is 7. The first kappa shape index (κ1) is 20.1. The van der Waals surface area contributed by atoms with Crippen LogP contribution >= 0.6 is 11.3 Å². The van der Waals surface area contributed by atoms with E-state index in [0.717, 1.165) is 28.9 Å². The molecule has 0 saturated heterocycles. The summed E-state index contributed by atoms with van der Waals surface area (Å²) < 4.78 is 7.28. The van der Waals surface area contributed by atoms with E-state index in [2.05, 4.69) is 20.2 Å². The SMILES string of the molecule is CN(C)CCOc1ccc(Nc2ncc3cc(-c4ccsc4)c(=O)n(C)c3n2)cc1. The number of likely N-dealkylation sites (N-methyl/N-ethyl adjacent to an activating group) is 1. The second-order valence-electron chi connectivity index (χ2n) is 7.21. The molecule has 0 spiro atoms. The maximum atomic E-state index is 12.8. The number of anilines is 2. The van der Waals surface area contributed by atoms with Gasteiger partial charge >= 0.3 is 0 Å². The van der Waals surface area contributed by atoms with Gasteiger partial charge in [-0.1, -0.05) is 0 Å². The van der Waals surface area contributed by atoms with Crippen molar-refractivity contribution >= 4 is 34.0 Å². The molecular weight excluding hydrogens is 398 g/mol. The molecule has 1 aromatic carbocycles. The van der Waals surface area contributed by atoms with Crippen LogP contribution in [0.15, 0.2) is 58.1 Å². The van der Waals surface area contributed by atoms with Crippen molar-refractivity contribution in [2.75, 3.05) is 32.6 Å². The summed E-state index contributed by atoms with van der Waals surface area (Å²) in [5, 5.41) is 7.93. The van der Waals surface area contributed by atoms with Crippen molar-refractivity contribution in [1.82, 2.24) is 19.4 Å². The summed E-state index contributed by atoms with van der Waals surface area (Å²) in [6.45, 7) is 1.49. The van der Waals surface area contributed by atoms with Crippen LogP contribution in [0.1, 0.15) is 0 Å². The number of benzene rings is 1. The number of ether oxygens (including phenoxy) is 1. The third-order valence-corrected chi connectivity index (χ3v) is 5.38. The van der Waals surface area contributed by atoms with Gasteiger partial charge in [-0.3, -0.25) is 9.36 Å². The Labute approximate surface area is 178 Å². The molecule has 0 saturated carbocycles. The monoisotopic (exact) mass is 421 g/mol. The molecule has 0 unspecified atom stereocenters. The zero-order chi connectivity index (χ0) is 21.1. The normalized spacial score (nSPS) is 11.2. The first-order valence-corrected chi connectivity index (χ1v) is 10.5. The van der Waals surface area contributed by atoms with Crippen molar-refractivity contribution in [3.8, 4) is 16.9 Å². The Bertz CT molecular complexity index is 1200. The number of hydrogen-bond donors (Lipinski definition) is 1. The molecule has 8 heteroatoms. The summed E-state index contributed by atoms with van der Waals surface area (Å²) >= 11 is 1.56. The van der Waals surface area contributed by atoms with E-state index in [1.807, 2.05) is 61.3 Å². The lowest BCUT2D eigenvalue weighted by molar-refractivity contribution is 0.261. The molecule has 0 aliphatic heterocycles. The van der Waals surface area contributed by atoms with Crippen molar-refractivity contribution in [2.24, 2.45) is 7.05 Å². The molecule has 30 heavy (non-hydrogen) atoms. The Hall–Kier alpha value is -3.23. The van der Waals surface area contributed by atoms with Crippen LogP contribution in [0.5, 0.6) is 5.75 Å². The van der Waals surface area contributed by atoms with Crippen LogP contribution in [-0.2, 0) is 7.05 Å². The van der Waals surface area contributed by atoms with E-state index >= 15 is 0 Å². The Kier molecular flexibility index (Phi) is 5.78. The fourth-order valence-corrected chi connectivity index (χ4v) is 3.70. The number of nitrogens with one attached hydrogen (secondary N) is 1. The molecule has 0 fully saturated rings. The van der Waals surface area contributed by atoms with Crippen molar-refractivity contribution < 1.29 is 4.74 Å². The molecule has 7 nitrogen and oxygen atoms in total. The van der Waals surface area contributed by atoms with Crippen LogP contribution in [-0.4, -0.2) is 46.7 Å². The van der Waals surface area contributed by atoms with Crippen LogP contribution in [0.2, 0.25) is 0 Å². The molecule has 3 aromatic heterocycles. The third kappa shape index (κ3) is 4.34. The summed E-state index contributed by atoms with van der Waals surface area (Å²) in [6.07, 6.45) is 1.73. The van der Waals surface area contributed by atoms with Gasteiger partial charge in [0.05, 0.1) is 0 Å². The van der Waals surface area contributed by atoms with Gasteiger partial charge in [-0.25, -0.2) is 4.98 Å². The van der Waals surface area contributed by atoms with E-state index < -0.39 is 0 Å². The van der Waals surface area contributed by atoms with Crippen molar-refractivity contribution in [1.29, 1.82) is 0 Å². The van der Waals surface area contributed by atoms with Crippen molar-refractivity contribution in [3.63, 3.8) is 0 Å². The van der Waals surface area contributed by atoms with Crippen LogP contribution in [0.25, 0.3) is 22.2 Å². The summed E-state index contributed by atoms with van der Waals surface area (Å²) in [7, 11) is 5.76. The standard InChI is InChI=1S/C22H23N5O2S/c1-26(2)9-10-29-18-6-4-17(5-7-18)24-22-23-13-16-12-19(15-8-11-30-14-15)21(28)27(3)20(16)25-22/h4-8,11-14H,9-10H2,1-3H3,(H,23,24,25). The van der Waals surface area contributed by atoms with E-state index in [1.165, 1.54) is 0 Å². The highest BCUT2D eigenvalue weighted by atomic mass is 32.1. The zero-order valence-corrected chi connectivity index (χ0v) is 17.9. The molecule has 0 bridgehead atoms. The molecule has 0 aliphatic carbocycles. The average molecular weight is 422 g/mol. The smallest absolute Gasteiger partial charge is 0.259 e. The number of hydrogen-bond acceptors (Lipinski definition) is 7. The second kappa shape index (κ2) is 8.64. The fraction of sp³-hybridized carbons (Fsp3) is 0.227. The molecule has 154 valence electrons. The van der Waals surface area contributed by atoms with E-state index in [0.29, 0.717) is 23.8 Å². The summed E-state index contributed by atoms with van der Waals surface area (Å²) in [5.41, 5.74) is 2.91. The first-order valence-electron chi connectivity index (χ1n) is 9.55. The Balaban J connectivity index is 1.55. The van der Waals surface area contributed by atoms with Crippen molar-refractivity contribution in [3.05, 3.63) is 63.7 Å². The van der Waals surface area contributed by atoms with Gasteiger partial charge in [0.1, 0.15) is 18.0 Å². The summed E-state index contributed by atoms with van der Waals surface area (Å²) in [5.74, 6) is 1.24. The number of fused-ring (bicyclic) bond motifs is 1. The summed E-state index contributed by atoms with van der Waals surface area (Å²) in [4.78, 5) is 23.8. The highest BCUT2D eigenvalue weighted by Gasteiger charge is 2.11. The second-order valence-corrected chi connectivity index (χ2v) is 7.99. The minimum Gasteiger partial charge on any atom is -0.492 e. The Morgan fingerprint density at radius 2 is 2.00 bits per heavy atom. The molecule has 4 rings (SSSR count). The maximum absolute atomic E-state index is 12.8. The highest BCUT2D eigenvalue weighted by molar-refractivity contribution is 7.08. The minimum atomic E-state index is -0.0789. The van der Waals surface area contributed by atoms with Gasteiger partial charge < -0.3 is 15.0 Å². The lowest BCUT2D eigenvalue weighted by Gasteiger charge is -2.12. The highest BCUT2D eigenvalue weighted by Crippen LogP contribution is 2.23. The quantitative estimate of drug-likeness (QED) is 0.490. The van der Waals surface area contributed by atoms with Crippen LogP contribution in [0.4, 0.5) is 11.6 Å². The number of nitrogens with zero attached hydrogens (tertiary/aromatic N) is 4. The molecule has 0 radical (unpaired) electrons. The van der Waals surface area contributed by atoms with Crippen LogP contribution in [0, 0.1) is 0 Å². The predicted octanol–water partition coefficient (Wildman–Crippen LogP) is 3.74. The topological polar surface area (TPSA) is 72.3 Å². The average Bonchev–Trinajstić information content (AvgIpc) is 3.27. The molecule has 4 aromatic rings. The van der Waals surface area contributed by atoms with Gasteiger partial charge in [0.2, 0.25) is 5.95 Å². The molecule has 0 aliphatic rings. The van der Waals surface area contributed by atoms with E-state index in [4.69, 9.17) is 4.74 Å². The van der Waals surface area contributed by atoms with Gasteiger partial charge in [0.15, 0.2) is 0 Å². The van der Waals surface area contributed by atoms with Gasteiger partial charge in [-0.05, 0) is 66.8 Å². The molecule has 0 atom stereocenters. The minimum absolute atomic E-state index is 0.0789. The fourth-order valence-electron chi connectivity index (χ4n) is 3.04. The largest absolute Gasteiger partial charge is 0.492 e. The zero-order valence-electron chi connectivity index (χ0n) is 17.1. The molecular formula is C22H23N5O2S. The van der Waals surface area contributed by atoms with Gasteiger partial charge in [0.25, 0.3) is 5.56 Å². The number of aromatic nitrogens is 3. The van der Waals surface area contributed by atoms with Gasteiger partial charge in [-0.15, -0.1) is 0 Å². The van der Waals surface area contributed by atoms with E-state index in [1.54, 1.807) is 29.1 Å². The molecule has 0 amide bonds. The number of thiophene rings is 1. The van der Waals surface area contributed by atoms with Crippen LogP contribution < -0.4 is 15.6 Å². The number of aryl methyl sites for hydroxylation is 1. The predicted molar refractivity (Wildman–Crippen MR) is 122 cm³/mol. The van der Waals surface area contributed by atoms with E-state index in [9.17, 15) is 4.79 Å². The van der Waals surface area contributed by atoms with E-state index in [-0.39, 0.29) is 5.56 Å². The van der Waals surface area contributed by atoms with Gasteiger partial charge in [0, 0.05) is 36.4 Å². The lowest BCUT2D eigenvalue weighted by Crippen LogP contribution is -2.20. The summed E-state index contributed by atoms with van der Waals surface area (Å²) in [6, 6.07) is 11.4. The third-order valence-electron chi connectivity index (χ3n) is 4.70. The first-order chi connectivity index (χ1) is 14.5. The van der Waals surface area contributed by atoms with Crippen molar-refractivity contribution in [2.45, 2.75) is 0 Å². The molecule has 1 N–H and O–H groups in total. The lowest BCUT2D eigenvalue weighted by atomic mass is 10.1. The Morgan fingerprint density at radius 1 is 1.20 bits per heavy atom. The van der Waals surface area contributed by atoms with Crippen LogP contribution in [0.3, 0.4) is 0 Å². The maximum Gasteiger partial charge on any atom is 0.259 e. The molecule has 3 heterocycles. The number of pyridine rings is 1.